The van der Waals surface area contributed by atoms with Crippen molar-refractivity contribution < 1.29 is 18.8 Å². The molecular weight excluding hydrogens is 384 g/mol. The SMILES string of the molecule is COc1ccc(N2CCN(C(=O)COc3cccc(-c4nc(C)no4)c3)CC2)cc1. The number of hydrogen-bond donors (Lipinski definition) is 0. The van der Waals surface area contributed by atoms with Crippen molar-refractivity contribution in [2.24, 2.45) is 0 Å². The summed E-state index contributed by atoms with van der Waals surface area (Å²) < 4.78 is 16.1. The van der Waals surface area contributed by atoms with Crippen LogP contribution in [0.4, 0.5) is 5.69 Å². The van der Waals surface area contributed by atoms with Crippen molar-refractivity contribution in [2.75, 3.05) is 44.8 Å². The number of hydrogen-bond acceptors (Lipinski definition) is 7. The summed E-state index contributed by atoms with van der Waals surface area (Å²) in [6.45, 7) is 4.65. The van der Waals surface area contributed by atoms with Crippen molar-refractivity contribution in [1.82, 2.24) is 15.0 Å². The number of ether oxygens (including phenoxy) is 2. The second-order valence-electron chi connectivity index (χ2n) is 7.03. The Balaban J connectivity index is 1.29. The van der Waals surface area contributed by atoms with Crippen LogP contribution < -0.4 is 14.4 Å². The fraction of sp³-hybridized carbons (Fsp3) is 0.318. The maximum Gasteiger partial charge on any atom is 0.260 e. The minimum atomic E-state index is -0.0246. The van der Waals surface area contributed by atoms with E-state index in [0.29, 0.717) is 30.6 Å². The van der Waals surface area contributed by atoms with E-state index in [9.17, 15) is 4.79 Å². The van der Waals surface area contributed by atoms with Crippen LogP contribution in [0.25, 0.3) is 11.5 Å². The number of aryl methyl sites for hydroxylation is 1. The molecule has 0 unspecified atom stereocenters. The van der Waals surface area contributed by atoms with E-state index < -0.39 is 0 Å². The van der Waals surface area contributed by atoms with E-state index in [1.807, 2.05) is 47.4 Å². The molecule has 8 nitrogen and oxygen atoms in total. The third kappa shape index (κ3) is 4.53. The molecule has 1 amide bonds. The number of methoxy groups -OCH3 is 1. The van der Waals surface area contributed by atoms with Gasteiger partial charge in [0, 0.05) is 37.4 Å². The van der Waals surface area contributed by atoms with Crippen molar-refractivity contribution in [3.8, 4) is 23.0 Å². The highest BCUT2D eigenvalue weighted by atomic mass is 16.5. The summed E-state index contributed by atoms with van der Waals surface area (Å²) in [7, 11) is 1.66. The van der Waals surface area contributed by atoms with E-state index in [0.717, 1.165) is 30.1 Å². The smallest absolute Gasteiger partial charge is 0.260 e. The number of carbonyl (C=O) groups is 1. The quantitative estimate of drug-likeness (QED) is 0.620. The van der Waals surface area contributed by atoms with Gasteiger partial charge in [-0.05, 0) is 49.4 Å². The van der Waals surface area contributed by atoms with Gasteiger partial charge >= 0.3 is 0 Å². The molecular formula is C22H24N4O4. The van der Waals surface area contributed by atoms with Crippen LogP contribution in [0.5, 0.6) is 11.5 Å². The highest BCUT2D eigenvalue weighted by Gasteiger charge is 2.21. The van der Waals surface area contributed by atoms with Gasteiger partial charge in [0.15, 0.2) is 12.4 Å². The van der Waals surface area contributed by atoms with Gasteiger partial charge in [0.2, 0.25) is 0 Å². The second-order valence-corrected chi connectivity index (χ2v) is 7.03. The normalized spacial score (nSPS) is 13.9. The van der Waals surface area contributed by atoms with Gasteiger partial charge < -0.3 is 23.8 Å². The summed E-state index contributed by atoms with van der Waals surface area (Å²) in [5, 5.41) is 3.80. The number of anilines is 1. The standard InChI is InChI=1S/C22H24N4O4/c1-16-23-22(30-24-16)17-4-3-5-20(14-17)29-15-21(27)26-12-10-25(11-13-26)18-6-8-19(28-2)9-7-18/h3-9,14H,10-13,15H2,1-2H3. The van der Waals surface area contributed by atoms with Crippen LogP contribution in [0.15, 0.2) is 53.1 Å². The average Bonchev–Trinajstić information content (AvgIpc) is 3.24. The number of rotatable bonds is 6. The molecule has 0 bridgehead atoms. The number of amides is 1. The van der Waals surface area contributed by atoms with Gasteiger partial charge in [-0.1, -0.05) is 11.2 Å². The van der Waals surface area contributed by atoms with Crippen LogP contribution in [0.3, 0.4) is 0 Å². The molecule has 2 aromatic carbocycles. The predicted octanol–water partition coefficient (Wildman–Crippen LogP) is 2.78. The van der Waals surface area contributed by atoms with Gasteiger partial charge in [0.25, 0.3) is 11.8 Å². The van der Waals surface area contributed by atoms with E-state index in [2.05, 4.69) is 15.0 Å². The molecule has 8 heteroatoms. The van der Waals surface area contributed by atoms with E-state index >= 15 is 0 Å². The summed E-state index contributed by atoms with van der Waals surface area (Å²) in [6.07, 6.45) is 0. The number of benzene rings is 2. The summed E-state index contributed by atoms with van der Waals surface area (Å²) >= 11 is 0. The molecule has 0 radical (unpaired) electrons. The zero-order valence-corrected chi connectivity index (χ0v) is 17.1. The third-order valence-corrected chi connectivity index (χ3v) is 5.04. The third-order valence-electron chi connectivity index (χ3n) is 5.04. The fourth-order valence-electron chi connectivity index (χ4n) is 3.38. The summed E-state index contributed by atoms with van der Waals surface area (Å²) in [5.74, 6) is 2.40. The highest BCUT2D eigenvalue weighted by molar-refractivity contribution is 5.78. The van der Waals surface area contributed by atoms with Gasteiger partial charge in [-0.15, -0.1) is 0 Å². The largest absolute Gasteiger partial charge is 0.497 e. The fourth-order valence-corrected chi connectivity index (χ4v) is 3.38. The van der Waals surface area contributed by atoms with Crippen LogP contribution >= 0.6 is 0 Å². The molecule has 1 aliphatic heterocycles. The van der Waals surface area contributed by atoms with E-state index in [-0.39, 0.29) is 12.5 Å². The lowest BCUT2D eigenvalue weighted by molar-refractivity contribution is -0.133. The molecule has 4 rings (SSSR count). The van der Waals surface area contributed by atoms with Crippen molar-refractivity contribution in [1.29, 1.82) is 0 Å². The van der Waals surface area contributed by atoms with Crippen LogP contribution in [-0.2, 0) is 4.79 Å². The lowest BCUT2D eigenvalue weighted by Gasteiger charge is -2.36. The monoisotopic (exact) mass is 408 g/mol. The Morgan fingerprint density at radius 2 is 1.83 bits per heavy atom. The molecule has 156 valence electrons. The van der Waals surface area contributed by atoms with Gasteiger partial charge in [-0.25, -0.2) is 0 Å². The summed E-state index contributed by atoms with van der Waals surface area (Å²) in [6, 6.07) is 15.3. The van der Waals surface area contributed by atoms with Gasteiger partial charge in [0.1, 0.15) is 11.5 Å². The van der Waals surface area contributed by atoms with Crippen LogP contribution in [0.1, 0.15) is 5.82 Å². The van der Waals surface area contributed by atoms with Crippen LogP contribution in [-0.4, -0.2) is 60.8 Å². The molecule has 1 fully saturated rings. The van der Waals surface area contributed by atoms with E-state index in [1.54, 1.807) is 20.1 Å². The molecule has 0 saturated carbocycles. The maximum absolute atomic E-state index is 12.6. The molecule has 0 spiro atoms. The van der Waals surface area contributed by atoms with Crippen molar-refractivity contribution >= 4 is 11.6 Å². The maximum atomic E-state index is 12.6. The first-order valence-corrected chi connectivity index (χ1v) is 9.83. The Hall–Kier alpha value is -3.55. The zero-order valence-electron chi connectivity index (χ0n) is 17.1. The number of nitrogens with zero attached hydrogens (tertiary/aromatic N) is 4. The highest BCUT2D eigenvalue weighted by Crippen LogP contribution is 2.23. The summed E-state index contributed by atoms with van der Waals surface area (Å²) in [5.41, 5.74) is 1.89. The molecule has 1 aliphatic rings. The minimum Gasteiger partial charge on any atom is -0.497 e. The minimum absolute atomic E-state index is 0.00511. The molecule has 0 N–H and O–H groups in total. The van der Waals surface area contributed by atoms with Crippen molar-refractivity contribution in [3.05, 3.63) is 54.4 Å². The Morgan fingerprint density at radius 1 is 1.07 bits per heavy atom. The molecule has 0 atom stereocenters. The molecule has 1 aromatic heterocycles. The Labute approximate surface area is 175 Å². The molecule has 3 aromatic rings. The van der Waals surface area contributed by atoms with E-state index in [4.69, 9.17) is 14.0 Å². The van der Waals surface area contributed by atoms with Gasteiger partial charge in [-0.3, -0.25) is 4.79 Å². The first-order chi connectivity index (χ1) is 14.6. The lowest BCUT2D eigenvalue weighted by Crippen LogP contribution is -2.50. The first-order valence-electron chi connectivity index (χ1n) is 9.83. The molecule has 30 heavy (non-hydrogen) atoms. The number of aromatic nitrogens is 2. The van der Waals surface area contributed by atoms with Crippen molar-refractivity contribution in [3.63, 3.8) is 0 Å². The van der Waals surface area contributed by atoms with E-state index in [1.165, 1.54) is 0 Å². The Morgan fingerprint density at radius 3 is 2.50 bits per heavy atom. The predicted molar refractivity (Wildman–Crippen MR) is 112 cm³/mol. The van der Waals surface area contributed by atoms with Gasteiger partial charge in [-0.2, -0.15) is 4.98 Å². The Kier molecular flexibility index (Phi) is 5.83. The molecule has 2 heterocycles. The van der Waals surface area contributed by atoms with Crippen LogP contribution in [0, 0.1) is 6.92 Å². The lowest BCUT2D eigenvalue weighted by atomic mass is 10.2. The Bertz CT molecular complexity index is 994. The first kappa shape index (κ1) is 19.8. The molecule has 0 aliphatic carbocycles. The summed E-state index contributed by atoms with van der Waals surface area (Å²) in [4.78, 5) is 20.9. The zero-order chi connectivity index (χ0) is 20.9. The topological polar surface area (TPSA) is 80.9 Å². The second kappa shape index (κ2) is 8.86. The van der Waals surface area contributed by atoms with Gasteiger partial charge in [0.05, 0.1) is 7.11 Å². The number of carbonyl (C=O) groups excluding carboxylic acids is 1. The average molecular weight is 408 g/mol. The number of piperazine rings is 1. The molecule has 1 saturated heterocycles. The van der Waals surface area contributed by atoms with Crippen LogP contribution in [0.2, 0.25) is 0 Å². The van der Waals surface area contributed by atoms with Crippen molar-refractivity contribution in [2.45, 2.75) is 6.92 Å².